The van der Waals surface area contributed by atoms with Crippen molar-refractivity contribution < 1.29 is 28.5 Å². The summed E-state index contributed by atoms with van der Waals surface area (Å²) in [6.45, 7) is 6.57. The number of methoxy groups -OCH3 is 1. The molecule has 0 radical (unpaired) electrons. The number of amides is 1. The van der Waals surface area contributed by atoms with Crippen LogP contribution < -0.4 is 19.0 Å². The molecule has 3 aromatic rings. The molecule has 0 bridgehead atoms. The van der Waals surface area contributed by atoms with Gasteiger partial charge in [0.15, 0.2) is 16.3 Å². The van der Waals surface area contributed by atoms with E-state index in [4.69, 9.17) is 30.5 Å². The van der Waals surface area contributed by atoms with Crippen LogP contribution in [0, 0.1) is 0 Å². The summed E-state index contributed by atoms with van der Waals surface area (Å²) in [5.41, 5.74) is 0.872. The second-order valence-electron chi connectivity index (χ2n) is 6.65. The van der Waals surface area contributed by atoms with E-state index in [2.05, 4.69) is 4.99 Å². The van der Waals surface area contributed by atoms with Crippen molar-refractivity contribution in [2.45, 2.75) is 27.3 Å². The lowest BCUT2D eigenvalue weighted by molar-refractivity contribution is -0.141. The van der Waals surface area contributed by atoms with Gasteiger partial charge in [-0.25, -0.2) is 0 Å². The average molecular weight is 493 g/mol. The molecule has 33 heavy (non-hydrogen) atoms. The van der Waals surface area contributed by atoms with E-state index in [9.17, 15) is 9.59 Å². The molecule has 0 aliphatic heterocycles. The summed E-state index contributed by atoms with van der Waals surface area (Å²) in [4.78, 5) is 29.8. The van der Waals surface area contributed by atoms with Crippen LogP contribution in [-0.4, -0.2) is 43.4 Å². The van der Waals surface area contributed by atoms with Gasteiger partial charge in [0.1, 0.15) is 6.54 Å². The van der Waals surface area contributed by atoms with Crippen LogP contribution in [0.25, 0.3) is 10.2 Å². The first kappa shape index (κ1) is 24.6. The molecule has 1 amide bonds. The highest BCUT2D eigenvalue weighted by molar-refractivity contribution is 7.16. The van der Waals surface area contributed by atoms with Crippen molar-refractivity contribution >= 4 is 45.0 Å². The predicted molar refractivity (Wildman–Crippen MR) is 127 cm³/mol. The van der Waals surface area contributed by atoms with Gasteiger partial charge in [-0.3, -0.25) is 9.59 Å². The number of aromatic nitrogens is 1. The molecule has 0 aliphatic rings. The molecular weight excluding hydrogens is 468 g/mol. The third-order valence-electron chi connectivity index (χ3n) is 4.52. The molecule has 0 unspecified atom stereocenters. The number of carbonyl (C=O) groups excluding carboxylic acids is 2. The van der Waals surface area contributed by atoms with Gasteiger partial charge in [0.2, 0.25) is 5.75 Å². The van der Waals surface area contributed by atoms with Crippen LogP contribution in [0.15, 0.2) is 35.3 Å². The summed E-state index contributed by atoms with van der Waals surface area (Å²) in [5.74, 6) is 0.214. The molecule has 1 heterocycles. The zero-order chi connectivity index (χ0) is 24.0. The Hall–Kier alpha value is -3.04. The normalized spacial score (nSPS) is 11.5. The Morgan fingerprint density at radius 3 is 2.24 bits per heavy atom. The summed E-state index contributed by atoms with van der Waals surface area (Å²) in [6.07, 6.45) is 0. The fraction of sp³-hybridized carbons (Fsp3) is 0.348. The van der Waals surface area contributed by atoms with Gasteiger partial charge in [0.05, 0.1) is 42.2 Å². The molecule has 0 aliphatic carbocycles. The lowest BCUT2D eigenvalue weighted by Gasteiger charge is -2.16. The smallest absolute Gasteiger partial charge is 0.325 e. The molecule has 2 aromatic carbocycles. The Labute approximate surface area is 200 Å². The Morgan fingerprint density at radius 2 is 1.67 bits per heavy atom. The number of hydrogen-bond acceptors (Lipinski definition) is 7. The van der Waals surface area contributed by atoms with E-state index in [1.54, 1.807) is 28.8 Å². The molecule has 0 N–H and O–H groups in total. The maximum atomic E-state index is 13.2. The van der Waals surface area contributed by atoms with Crippen molar-refractivity contribution in [3.8, 4) is 17.2 Å². The molecule has 10 heteroatoms. The molecule has 0 spiro atoms. The highest BCUT2D eigenvalue weighted by Crippen LogP contribution is 2.39. The molecule has 3 rings (SSSR count). The minimum absolute atomic E-state index is 0.135. The van der Waals surface area contributed by atoms with Gasteiger partial charge in [-0.05, 0) is 45.0 Å². The first-order valence-electron chi connectivity index (χ1n) is 10.4. The van der Waals surface area contributed by atoms with Crippen LogP contribution in [0.1, 0.15) is 31.1 Å². The summed E-state index contributed by atoms with van der Waals surface area (Å²) in [6, 6.07) is 8.51. The maximum absolute atomic E-state index is 13.2. The average Bonchev–Trinajstić information content (AvgIpc) is 3.13. The van der Waals surface area contributed by atoms with Gasteiger partial charge < -0.3 is 23.5 Å². The van der Waals surface area contributed by atoms with Crippen LogP contribution in [-0.2, 0) is 16.1 Å². The molecule has 1 aromatic heterocycles. The second kappa shape index (κ2) is 11.2. The minimum Gasteiger partial charge on any atom is -0.490 e. The monoisotopic (exact) mass is 492 g/mol. The summed E-state index contributed by atoms with van der Waals surface area (Å²) >= 11 is 7.62. The highest BCUT2D eigenvalue weighted by atomic mass is 35.5. The lowest BCUT2D eigenvalue weighted by Crippen LogP contribution is -2.22. The van der Waals surface area contributed by atoms with Crippen molar-refractivity contribution in [3.63, 3.8) is 0 Å². The van der Waals surface area contributed by atoms with E-state index in [1.807, 2.05) is 26.8 Å². The van der Waals surface area contributed by atoms with E-state index in [-0.39, 0.29) is 12.1 Å². The first-order valence-corrected chi connectivity index (χ1v) is 11.6. The number of thiazole rings is 1. The highest BCUT2D eigenvalue weighted by Gasteiger charge is 2.19. The number of nitrogens with zero attached hydrogens (tertiary/aromatic N) is 2. The second-order valence-corrected chi connectivity index (χ2v) is 8.07. The van der Waals surface area contributed by atoms with Gasteiger partial charge in [0, 0.05) is 5.56 Å². The fourth-order valence-electron chi connectivity index (χ4n) is 3.18. The predicted octanol–water partition coefficient (Wildman–Crippen LogP) is 4.47. The summed E-state index contributed by atoms with van der Waals surface area (Å²) < 4.78 is 24.2. The molecule has 8 nitrogen and oxygen atoms in total. The number of ether oxygens (including phenoxy) is 4. The third-order valence-corrected chi connectivity index (χ3v) is 5.87. The van der Waals surface area contributed by atoms with E-state index >= 15 is 0 Å². The zero-order valence-electron chi connectivity index (χ0n) is 18.8. The van der Waals surface area contributed by atoms with E-state index in [0.29, 0.717) is 52.4 Å². The van der Waals surface area contributed by atoms with Gasteiger partial charge in [-0.2, -0.15) is 4.99 Å². The van der Waals surface area contributed by atoms with Crippen molar-refractivity contribution in [3.05, 3.63) is 45.7 Å². The van der Waals surface area contributed by atoms with Gasteiger partial charge in [0.25, 0.3) is 5.91 Å². The van der Waals surface area contributed by atoms with Crippen molar-refractivity contribution in [2.24, 2.45) is 4.99 Å². The largest absolute Gasteiger partial charge is 0.490 e. The third kappa shape index (κ3) is 5.48. The van der Waals surface area contributed by atoms with Crippen LogP contribution in [0.2, 0.25) is 5.02 Å². The fourth-order valence-corrected chi connectivity index (χ4v) is 4.56. The minimum atomic E-state index is -0.527. The van der Waals surface area contributed by atoms with Crippen LogP contribution >= 0.6 is 22.9 Å². The van der Waals surface area contributed by atoms with Gasteiger partial charge in [-0.1, -0.05) is 29.0 Å². The van der Waals surface area contributed by atoms with Crippen molar-refractivity contribution in [1.82, 2.24) is 4.57 Å². The Kier molecular flexibility index (Phi) is 8.35. The number of rotatable bonds is 9. The van der Waals surface area contributed by atoms with Crippen molar-refractivity contribution in [1.29, 1.82) is 0 Å². The van der Waals surface area contributed by atoms with Crippen LogP contribution in [0.5, 0.6) is 17.2 Å². The Morgan fingerprint density at radius 1 is 1.03 bits per heavy atom. The number of benzene rings is 2. The van der Waals surface area contributed by atoms with E-state index in [0.717, 1.165) is 4.70 Å². The SMILES string of the molecule is CCOc1cc(C(=O)N=c2sc3cccc(Cl)c3n2CC(=O)OC)cc(OCC)c1OCC. The molecule has 0 saturated heterocycles. The molecular formula is C23H25ClN2O6S. The summed E-state index contributed by atoms with van der Waals surface area (Å²) in [7, 11) is 1.30. The number of carbonyl (C=O) groups is 2. The standard InChI is InChI=1S/C23H25ClN2O6S/c1-5-30-16-11-14(12-17(31-6-2)21(16)32-7-3)22(28)25-23-26(13-19(27)29-4)20-15(24)9-8-10-18(20)33-23/h8-12H,5-7,13H2,1-4H3. The number of esters is 1. The quantitative estimate of drug-likeness (QED) is 0.409. The number of fused-ring (bicyclic) bond motifs is 1. The molecule has 0 atom stereocenters. The van der Waals surface area contributed by atoms with Crippen molar-refractivity contribution in [2.75, 3.05) is 26.9 Å². The Balaban J connectivity index is 2.16. The number of para-hydroxylation sites is 1. The number of hydrogen-bond donors (Lipinski definition) is 0. The topological polar surface area (TPSA) is 88.4 Å². The Bertz CT molecular complexity index is 1210. The van der Waals surface area contributed by atoms with Gasteiger partial charge >= 0.3 is 5.97 Å². The lowest BCUT2D eigenvalue weighted by atomic mass is 10.1. The first-order chi connectivity index (χ1) is 15.9. The molecule has 176 valence electrons. The molecule has 0 saturated carbocycles. The van der Waals surface area contributed by atoms with Gasteiger partial charge in [-0.15, -0.1) is 0 Å². The zero-order valence-corrected chi connectivity index (χ0v) is 20.4. The maximum Gasteiger partial charge on any atom is 0.325 e. The van der Waals surface area contributed by atoms with E-state index in [1.165, 1.54) is 18.4 Å². The molecule has 0 fully saturated rings. The van der Waals surface area contributed by atoms with Crippen LogP contribution in [0.3, 0.4) is 0 Å². The van der Waals surface area contributed by atoms with E-state index < -0.39 is 11.9 Å². The van der Waals surface area contributed by atoms with Crippen LogP contribution in [0.4, 0.5) is 0 Å². The number of halogens is 1. The summed E-state index contributed by atoms with van der Waals surface area (Å²) in [5, 5.41) is 0.444.